The molecule has 3 heteroatoms. The van der Waals surface area contributed by atoms with E-state index >= 15 is 0 Å². The van der Waals surface area contributed by atoms with E-state index in [0.29, 0.717) is 24.3 Å². The van der Waals surface area contributed by atoms with Gasteiger partial charge < -0.3 is 9.47 Å². The summed E-state index contributed by atoms with van der Waals surface area (Å²) in [6, 6.07) is 7.26. The summed E-state index contributed by atoms with van der Waals surface area (Å²) < 4.78 is 10.6. The highest BCUT2D eigenvalue weighted by atomic mass is 16.5. The second kappa shape index (κ2) is 6.28. The molecule has 1 unspecified atom stereocenters. The van der Waals surface area contributed by atoms with Gasteiger partial charge in [-0.15, -0.1) is 0 Å². The average Bonchev–Trinajstić information content (AvgIpc) is 2.28. The fraction of sp³-hybridized carbons (Fsp3) is 0.462. The zero-order valence-corrected chi connectivity index (χ0v) is 10.0. The molecule has 0 spiro atoms. The number of Topliss-reactive ketones (excluding diaryl/α,β-unsaturated/α-hetero) is 1. The van der Waals surface area contributed by atoms with Gasteiger partial charge in [-0.25, -0.2) is 0 Å². The van der Waals surface area contributed by atoms with E-state index in [1.807, 2.05) is 26.0 Å². The summed E-state index contributed by atoms with van der Waals surface area (Å²) in [7, 11) is 1.64. The Balaban J connectivity index is 2.70. The molecule has 0 radical (unpaired) electrons. The molecule has 0 aliphatic rings. The van der Waals surface area contributed by atoms with E-state index in [9.17, 15) is 4.79 Å². The van der Waals surface area contributed by atoms with Crippen LogP contribution in [0.3, 0.4) is 0 Å². The summed E-state index contributed by atoms with van der Waals surface area (Å²) in [6.45, 7) is 4.31. The lowest BCUT2D eigenvalue weighted by molar-refractivity contribution is 0.0915. The molecular formula is C13H18O3. The monoisotopic (exact) mass is 222 g/mol. The van der Waals surface area contributed by atoms with Crippen molar-refractivity contribution in [1.82, 2.24) is 0 Å². The summed E-state index contributed by atoms with van der Waals surface area (Å²) in [5.74, 6) is 0.841. The highest BCUT2D eigenvalue weighted by Gasteiger charge is 2.07. The first-order valence-electron chi connectivity index (χ1n) is 5.46. The molecule has 88 valence electrons. The molecule has 1 aromatic carbocycles. The molecule has 1 atom stereocenters. The van der Waals surface area contributed by atoms with Gasteiger partial charge in [0.15, 0.2) is 5.78 Å². The van der Waals surface area contributed by atoms with E-state index in [1.54, 1.807) is 19.2 Å². The molecule has 0 bridgehead atoms. The lowest BCUT2D eigenvalue weighted by atomic mass is 10.1. The minimum atomic E-state index is -0.0167. The van der Waals surface area contributed by atoms with E-state index < -0.39 is 0 Å². The molecule has 0 N–H and O–H groups in total. The topological polar surface area (TPSA) is 35.5 Å². The molecule has 0 saturated heterocycles. The van der Waals surface area contributed by atoms with Gasteiger partial charge in [-0.1, -0.05) is 19.1 Å². The number of carbonyl (C=O) groups excluding carboxylic acids is 1. The Hall–Kier alpha value is -1.35. The maximum absolute atomic E-state index is 11.5. The van der Waals surface area contributed by atoms with Gasteiger partial charge in [-0.05, 0) is 19.1 Å². The van der Waals surface area contributed by atoms with Gasteiger partial charge in [0, 0.05) is 19.1 Å². The zero-order chi connectivity index (χ0) is 12.0. The Bertz CT molecular complexity index is 347. The molecule has 0 aliphatic carbocycles. The van der Waals surface area contributed by atoms with E-state index in [0.717, 1.165) is 0 Å². The summed E-state index contributed by atoms with van der Waals surface area (Å²) in [4.78, 5) is 11.5. The van der Waals surface area contributed by atoms with Crippen molar-refractivity contribution in [2.75, 3.05) is 13.7 Å². The molecular weight excluding hydrogens is 204 g/mol. The van der Waals surface area contributed by atoms with Crippen LogP contribution in [0.25, 0.3) is 0 Å². The largest absolute Gasteiger partial charge is 0.488 e. The maximum Gasteiger partial charge on any atom is 0.162 e. The van der Waals surface area contributed by atoms with Gasteiger partial charge in [0.2, 0.25) is 0 Å². The number of methoxy groups -OCH3 is 1. The predicted molar refractivity (Wildman–Crippen MR) is 63.0 cm³/mol. The quantitative estimate of drug-likeness (QED) is 0.694. The van der Waals surface area contributed by atoms with Crippen LogP contribution in [0, 0.1) is 0 Å². The van der Waals surface area contributed by atoms with Crippen LogP contribution in [0.5, 0.6) is 5.75 Å². The summed E-state index contributed by atoms with van der Waals surface area (Å²) in [5.41, 5.74) is 0.699. The lowest BCUT2D eigenvalue weighted by Crippen LogP contribution is -2.18. The molecule has 1 rings (SSSR count). The van der Waals surface area contributed by atoms with Crippen LogP contribution < -0.4 is 4.74 Å². The lowest BCUT2D eigenvalue weighted by Gasteiger charge is -2.14. The first-order chi connectivity index (χ1) is 7.67. The number of ether oxygens (including phenoxy) is 2. The molecule has 0 aliphatic heterocycles. The van der Waals surface area contributed by atoms with E-state index in [1.165, 1.54) is 0 Å². The van der Waals surface area contributed by atoms with Crippen molar-refractivity contribution in [3.8, 4) is 5.75 Å². The first kappa shape index (κ1) is 12.7. The third-order valence-corrected chi connectivity index (χ3v) is 2.22. The molecule has 1 aromatic rings. The Morgan fingerprint density at radius 3 is 2.81 bits per heavy atom. The van der Waals surface area contributed by atoms with Crippen molar-refractivity contribution in [3.05, 3.63) is 29.8 Å². The van der Waals surface area contributed by atoms with Crippen molar-refractivity contribution < 1.29 is 14.3 Å². The minimum Gasteiger partial charge on any atom is -0.488 e. The van der Waals surface area contributed by atoms with Crippen molar-refractivity contribution in [1.29, 1.82) is 0 Å². The van der Waals surface area contributed by atoms with Crippen molar-refractivity contribution >= 4 is 5.78 Å². The van der Waals surface area contributed by atoms with Crippen LogP contribution in [0.2, 0.25) is 0 Å². The zero-order valence-electron chi connectivity index (χ0n) is 10.0. The summed E-state index contributed by atoms with van der Waals surface area (Å²) in [6.07, 6.45) is 0.494. The highest BCUT2D eigenvalue weighted by molar-refractivity contribution is 5.96. The number of hydrogen-bond donors (Lipinski definition) is 0. The van der Waals surface area contributed by atoms with E-state index in [2.05, 4.69) is 0 Å². The second-order valence-corrected chi connectivity index (χ2v) is 3.69. The fourth-order valence-electron chi connectivity index (χ4n) is 1.45. The molecule has 0 amide bonds. The maximum atomic E-state index is 11.5. The van der Waals surface area contributed by atoms with E-state index in [4.69, 9.17) is 9.47 Å². The van der Waals surface area contributed by atoms with Gasteiger partial charge >= 0.3 is 0 Å². The summed E-state index contributed by atoms with van der Waals surface area (Å²) in [5, 5.41) is 0. The van der Waals surface area contributed by atoms with Crippen LogP contribution in [0.1, 0.15) is 30.6 Å². The fourth-order valence-corrected chi connectivity index (χ4v) is 1.45. The third kappa shape index (κ3) is 3.66. The van der Waals surface area contributed by atoms with Crippen molar-refractivity contribution in [2.24, 2.45) is 0 Å². The van der Waals surface area contributed by atoms with Crippen LogP contribution in [-0.4, -0.2) is 25.6 Å². The average molecular weight is 222 g/mol. The Morgan fingerprint density at radius 2 is 2.19 bits per heavy atom. The number of rotatable bonds is 6. The predicted octanol–water partition coefficient (Wildman–Crippen LogP) is 2.69. The number of ketones is 1. The van der Waals surface area contributed by atoms with Crippen molar-refractivity contribution in [3.63, 3.8) is 0 Å². The molecule has 3 nitrogen and oxygen atoms in total. The molecule has 0 saturated carbocycles. The minimum absolute atomic E-state index is 0.0167. The Morgan fingerprint density at radius 1 is 1.44 bits per heavy atom. The SMILES string of the molecule is CCC(=O)c1cccc(OC(C)COC)c1. The first-order valence-corrected chi connectivity index (χ1v) is 5.46. The van der Waals surface area contributed by atoms with Crippen LogP contribution >= 0.6 is 0 Å². The highest BCUT2D eigenvalue weighted by Crippen LogP contribution is 2.16. The summed E-state index contributed by atoms with van der Waals surface area (Å²) >= 11 is 0. The Labute approximate surface area is 96.4 Å². The molecule has 0 aromatic heterocycles. The molecule has 16 heavy (non-hydrogen) atoms. The standard InChI is InChI=1S/C13H18O3/c1-4-13(14)11-6-5-7-12(8-11)16-10(2)9-15-3/h5-8,10H,4,9H2,1-3H3. The second-order valence-electron chi connectivity index (χ2n) is 3.69. The Kier molecular flexibility index (Phi) is 4.99. The van der Waals surface area contributed by atoms with Crippen LogP contribution in [0.4, 0.5) is 0 Å². The molecule has 0 fully saturated rings. The third-order valence-electron chi connectivity index (χ3n) is 2.22. The number of benzene rings is 1. The van der Waals surface area contributed by atoms with E-state index in [-0.39, 0.29) is 11.9 Å². The van der Waals surface area contributed by atoms with Gasteiger partial charge in [-0.3, -0.25) is 4.79 Å². The normalized spacial score (nSPS) is 12.2. The van der Waals surface area contributed by atoms with Crippen LogP contribution in [-0.2, 0) is 4.74 Å². The number of carbonyl (C=O) groups is 1. The van der Waals surface area contributed by atoms with Gasteiger partial charge in [0.25, 0.3) is 0 Å². The smallest absolute Gasteiger partial charge is 0.162 e. The van der Waals surface area contributed by atoms with Crippen LogP contribution in [0.15, 0.2) is 24.3 Å². The van der Waals surface area contributed by atoms with Gasteiger partial charge in [0.05, 0.1) is 6.61 Å². The van der Waals surface area contributed by atoms with Gasteiger partial charge in [0.1, 0.15) is 11.9 Å². The van der Waals surface area contributed by atoms with Crippen molar-refractivity contribution in [2.45, 2.75) is 26.4 Å². The number of hydrogen-bond acceptors (Lipinski definition) is 3. The van der Waals surface area contributed by atoms with Gasteiger partial charge in [-0.2, -0.15) is 0 Å². The molecule has 0 heterocycles.